The molecule has 0 radical (unpaired) electrons. The summed E-state index contributed by atoms with van der Waals surface area (Å²) < 4.78 is 1.72. The van der Waals surface area contributed by atoms with Crippen LogP contribution in [0, 0.1) is 4.77 Å². The number of nitrogens with one attached hydrogen (secondary N) is 2. The number of carbonyl (C=O) groups is 1. The van der Waals surface area contributed by atoms with Gasteiger partial charge in [-0.3, -0.25) is 14.2 Å². The van der Waals surface area contributed by atoms with Crippen LogP contribution in [0.2, 0.25) is 0 Å². The zero-order valence-corrected chi connectivity index (χ0v) is 17.4. The van der Waals surface area contributed by atoms with Crippen LogP contribution >= 0.6 is 12.2 Å². The van der Waals surface area contributed by atoms with E-state index >= 15 is 0 Å². The van der Waals surface area contributed by atoms with E-state index in [0.717, 1.165) is 18.8 Å². The van der Waals surface area contributed by atoms with Gasteiger partial charge in [0.15, 0.2) is 4.77 Å². The molecule has 0 spiro atoms. The first-order valence-corrected chi connectivity index (χ1v) is 10.4. The standard InChI is InChI=1S/C22H23N5O2S/c1-2-10-27-21(29)17-8-6-15(13-18(17)24-22(27)30)20(28)25-19-9-7-16(14-23-19)26-11-4-3-5-12-26/h2,6-9,13-14H,1,3-5,10-12H2,(H,24,30)(H,23,25,28). The van der Waals surface area contributed by atoms with E-state index in [2.05, 4.69) is 26.8 Å². The number of aromatic nitrogens is 3. The number of piperidine rings is 1. The Morgan fingerprint density at radius 3 is 2.73 bits per heavy atom. The Hall–Kier alpha value is -3.26. The summed E-state index contributed by atoms with van der Waals surface area (Å²) in [6.45, 7) is 6.05. The number of allylic oxidation sites excluding steroid dienone is 1. The molecule has 3 heterocycles. The molecule has 0 saturated carbocycles. The fourth-order valence-corrected chi connectivity index (χ4v) is 3.95. The van der Waals surface area contributed by atoms with Crippen LogP contribution in [-0.4, -0.2) is 33.5 Å². The molecule has 3 aromatic rings. The van der Waals surface area contributed by atoms with Crippen molar-refractivity contribution in [3.63, 3.8) is 0 Å². The predicted octanol–water partition coefficient (Wildman–Crippen LogP) is 3.88. The van der Waals surface area contributed by atoms with Crippen LogP contribution in [0.25, 0.3) is 10.9 Å². The van der Waals surface area contributed by atoms with Gasteiger partial charge in [0, 0.05) is 25.2 Å². The SMILES string of the molecule is C=CCn1c(=S)[nH]c2cc(C(=O)Nc3ccc(N4CCCCC4)cn3)ccc2c1=O. The van der Waals surface area contributed by atoms with Crippen LogP contribution in [0.3, 0.4) is 0 Å². The number of H-pyrrole nitrogens is 1. The number of carbonyl (C=O) groups excluding carboxylic acids is 1. The molecule has 154 valence electrons. The first-order valence-electron chi connectivity index (χ1n) is 9.97. The van der Waals surface area contributed by atoms with Crippen molar-refractivity contribution >= 4 is 40.5 Å². The molecule has 1 aliphatic rings. The van der Waals surface area contributed by atoms with Crippen molar-refractivity contribution in [3.05, 3.63) is 69.9 Å². The molecule has 0 bridgehead atoms. The maximum absolute atomic E-state index is 12.7. The summed E-state index contributed by atoms with van der Waals surface area (Å²) in [5.41, 5.74) is 1.79. The molecule has 4 rings (SSSR count). The summed E-state index contributed by atoms with van der Waals surface area (Å²) in [6.07, 6.45) is 7.07. The van der Waals surface area contributed by atoms with Gasteiger partial charge in [-0.2, -0.15) is 0 Å². The van der Waals surface area contributed by atoms with Gasteiger partial charge in [-0.05, 0) is 61.8 Å². The van der Waals surface area contributed by atoms with E-state index in [1.165, 1.54) is 23.8 Å². The average molecular weight is 422 g/mol. The fourth-order valence-electron chi connectivity index (χ4n) is 3.68. The van der Waals surface area contributed by atoms with E-state index in [1.807, 2.05) is 12.1 Å². The summed E-state index contributed by atoms with van der Waals surface area (Å²) in [5.74, 6) is 0.180. The van der Waals surface area contributed by atoms with Crippen molar-refractivity contribution in [2.45, 2.75) is 25.8 Å². The normalized spacial score (nSPS) is 13.9. The topological polar surface area (TPSA) is 83.0 Å². The largest absolute Gasteiger partial charge is 0.370 e. The number of hydrogen-bond donors (Lipinski definition) is 2. The molecule has 1 aliphatic heterocycles. The van der Waals surface area contributed by atoms with Gasteiger partial charge in [0.25, 0.3) is 11.5 Å². The van der Waals surface area contributed by atoms with E-state index < -0.39 is 0 Å². The van der Waals surface area contributed by atoms with E-state index in [0.29, 0.717) is 33.6 Å². The van der Waals surface area contributed by atoms with Gasteiger partial charge in [-0.1, -0.05) is 6.08 Å². The highest BCUT2D eigenvalue weighted by Crippen LogP contribution is 2.20. The molecule has 7 nitrogen and oxygen atoms in total. The van der Waals surface area contributed by atoms with Gasteiger partial charge in [-0.15, -0.1) is 6.58 Å². The third-order valence-electron chi connectivity index (χ3n) is 5.27. The number of anilines is 2. The second-order valence-electron chi connectivity index (χ2n) is 7.30. The smallest absolute Gasteiger partial charge is 0.262 e. The lowest BCUT2D eigenvalue weighted by Gasteiger charge is -2.28. The van der Waals surface area contributed by atoms with Gasteiger partial charge in [-0.25, -0.2) is 4.98 Å². The number of amides is 1. The Morgan fingerprint density at radius 1 is 1.23 bits per heavy atom. The second-order valence-corrected chi connectivity index (χ2v) is 7.69. The number of fused-ring (bicyclic) bond motifs is 1. The van der Waals surface area contributed by atoms with E-state index in [4.69, 9.17) is 12.2 Å². The molecule has 8 heteroatoms. The van der Waals surface area contributed by atoms with Crippen molar-refractivity contribution in [1.82, 2.24) is 14.5 Å². The quantitative estimate of drug-likeness (QED) is 0.483. The Morgan fingerprint density at radius 2 is 2.03 bits per heavy atom. The summed E-state index contributed by atoms with van der Waals surface area (Å²) in [7, 11) is 0. The molecule has 30 heavy (non-hydrogen) atoms. The molecule has 0 unspecified atom stereocenters. The molecule has 1 amide bonds. The van der Waals surface area contributed by atoms with Crippen LogP contribution in [-0.2, 0) is 6.54 Å². The lowest BCUT2D eigenvalue weighted by atomic mass is 10.1. The molecular weight excluding hydrogens is 398 g/mol. The molecular formula is C22H23N5O2S. The Labute approximate surface area is 179 Å². The van der Waals surface area contributed by atoms with Crippen LogP contribution in [0.15, 0.2) is 54.0 Å². The number of hydrogen-bond acceptors (Lipinski definition) is 5. The maximum atomic E-state index is 12.7. The van der Waals surface area contributed by atoms with E-state index in [9.17, 15) is 9.59 Å². The lowest BCUT2D eigenvalue weighted by molar-refractivity contribution is 0.102. The summed E-state index contributed by atoms with van der Waals surface area (Å²) >= 11 is 5.26. The summed E-state index contributed by atoms with van der Waals surface area (Å²) in [6, 6.07) is 8.67. The predicted molar refractivity (Wildman–Crippen MR) is 122 cm³/mol. The van der Waals surface area contributed by atoms with Gasteiger partial charge < -0.3 is 15.2 Å². The summed E-state index contributed by atoms with van der Waals surface area (Å²) in [5, 5.41) is 3.27. The molecule has 0 aliphatic carbocycles. The molecule has 1 saturated heterocycles. The summed E-state index contributed by atoms with van der Waals surface area (Å²) in [4.78, 5) is 35.0. The van der Waals surface area contributed by atoms with E-state index in [1.54, 1.807) is 30.5 Å². The van der Waals surface area contributed by atoms with Crippen LogP contribution in [0.4, 0.5) is 11.5 Å². The van der Waals surface area contributed by atoms with Gasteiger partial charge >= 0.3 is 0 Å². The van der Waals surface area contributed by atoms with Crippen LogP contribution in [0.1, 0.15) is 29.6 Å². The third kappa shape index (κ3) is 4.04. The minimum atomic E-state index is -0.301. The fraction of sp³-hybridized carbons (Fsp3) is 0.273. The van der Waals surface area contributed by atoms with Crippen molar-refractivity contribution in [3.8, 4) is 0 Å². The zero-order chi connectivity index (χ0) is 21.1. The number of aromatic amines is 1. The zero-order valence-electron chi connectivity index (χ0n) is 16.6. The van der Waals surface area contributed by atoms with E-state index in [-0.39, 0.29) is 11.5 Å². The molecule has 2 aromatic heterocycles. The highest BCUT2D eigenvalue weighted by Gasteiger charge is 2.13. The molecule has 2 N–H and O–H groups in total. The number of benzene rings is 1. The molecule has 0 atom stereocenters. The third-order valence-corrected chi connectivity index (χ3v) is 5.59. The van der Waals surface area contributed by atoms with Gasteiger partial charge in [0.1, 0.15) is 5.82 Å². The van der Waals surface area contributed by atoms with Gasteiger partial charge in [0.2, 0.25) is 0 Å². The lowest BCUT2D eigenvalue weighted by Crippen LogP contribution is -2.29. The minimum absolute atomic E-state index is 0.212. The second kappa shape index (κ2) is 8.62. The molecule has 1 aromatic carbocycles. The Balaban J connectivity index is 1.54. The highest BCUT2D eigenvalue weighted by molar-refractivity contribution is 7.71. The first-order chi connectivity index (χ1) is 14.6. The molecule has 1 fully saturated rings. The van der Waals surface area contributed by atoms with Crippen LogP contribution < -0.4 is 15.8 Å². The van der Waals surface area contributed by atoms with Crippen molar-refractivity contribution < 1.29 is 4.79 Å². The van der Waals surface area contributed by atoms with Crippen molar-refractivity contribution in [2.75, 3.05) is 23.3 Å². The number of nitrogens with zero attached hydrogens (tertiary/aromatic N) is 3. The Bertz CT molecular complexity index is 1210. The average Bonchev–Trinajstić information content (AvgIpc) is 2.77. The first kappa shape index (κ1) is 20.0. The number of rotatable bonds is 5. The van der Waals surface area contributed by atoms with Crippen LogP contribution in [0.5, 0.6) is 0 Å². The number of pyridine rings is 1. The van der Waals surface area contributed by atoms with Crippen molar-refractivity contribution in [2.24, 2.45) is 0 Å². The maximum Gasteiger partial charge on any atom is 0.262 e. The minimum Gasteiger partial charge on any atom is -0.370 e. The van der Waals surface area contributed by atoms with Gasteiger partial charge in [0.05, 0.1) is 22.8 Å². The Kier molecular flexibility index (Phi) is 5.76. The highest BCUT2D eigenvalue weighted by atomic mass is 32.1. The monoisotopic (exact) mass is 421 g/mol. The van der Waals surface area contributed by atoms with Crippen molar-refractivity contribution in [1.29, 1.82) is 0 Å².